The Hall–Kier alpha value is -2.21. The first kappa shape index (κ1) is 30.0. The number of rotatable bonds is 10. The van der Waals surface area contributed by atoms with E-state index < -0.39 is 0 Å². The van der Waals surface area contributed by atoms with Gasteiger partial charge in [0.2, 0.25) is 5.91 Å². The van der Waals surface area contributed by atoms with Crippen LogP contribution in [0.15, 0.2) is 59.1 Å². The molecule has 0 fully saturated rings. The molecular weight excluding hydrogens is 669 g/mol. The average Bonchev–Trinajstić information content (AvgIpc) is 3.24. The van der Waals surface area contributed by atoms with Crippen LogP contribution in [0.5, 0.6) is 0 Å². The van der Waals surface area contributed by atoms with E-state index in [4.69, 9.17) is 10.3 Å². The van der Waals surface area contributed by atoms with Crippen LogP contribution in [0.1, 0.15) is 55.8 Å². The molecule has 0 saturated heterocycles. The second-order valence-corrected chi connectivity index (χ2v) is 9.34. The molecule has 0 bridgehead atoms. The molecule has 1 radical (unpaired) electrons. The number of carbonyl (C=O) groups is 2. The van der Waals surface area contributed by atoms with Gasteiger partial charge in [0.05, 0.1) is 12.5 Å². The summed E-state index contributed by atoms with van der Waals surface area (Å²) < 4.78 is 5.37. The number of para-hydroxylation sites is 1. The fourth-order valence-corrected chi connectivity index (χ4v) is 3.75. The second-order valence-electron chi connectivity index (χ2n) is 9.34. The standard InChI is InChI=1S/C27H34N5O3.Ac/c1-17(2)13-24(25-16-22(35-32-25)14-19(4)28)30-26(33)15-20-9-11-21(12-10-20)29-27(34)31-23-8-6-5-7-18(23)3;/h5-12,16-17,19,24,28H,13-15H2,1-4H3,(H,30,33)(H2,29,31,34);/q-1;. The van der Waals surface area contributed by atoms with Crippen LogP contribution in [0.25, 0.3) is 5.73 Å². The van der Waals surface area contributed by atoms with Gasteiger partial charge in [0.15, 0.2) is 0 Å². The zero-order valence-electron chi connectivity index (χ0n) is 21.3. The number of nitrogens with one attached hydrogen (secondary N) is 4. The van der Waals surface area contributed by atoms with Gasteiger partial charge in [-0.1, -0.05) is 56.3 Å². The number of hydrogen-bond acceptors (Lipinski definition) is 4. The Morgan fingerprint density at radius 2 is 1.72 bits per heavy atom. The van der Waals surface area contributed by atoms with E-state index in [1.165, 1.54) is 0 Å². The first-order valence-electron chi connectivity index (χ1n) is 11.9. The van der Waals surface area contributed by atoms with Crippen molar-refractivity contribution in [2.45, 2.75) is 59.0 Å². The molecule has 0 saturated carbocycles. The van der Waals surface area contributed by atoms with Crippen LogP contribution >= 0.6 is 0 Å². The summed E-state index contributed by atoms with van der Waals surface area (Å²) in [5.41, 5.74) is 11.6. The molecule has 1 aromatic heterocycles. The average molecular weight is 704 g/mol. The van der Waals surface area contributed by atoms with Gasteiger partial charge in [-0.2, -0.15) is 0 Å². The van der Waals surface area contributed by atoms with Crippen LogP contribution in [0, 0.1) is 56.9 Å². The van der Waals surface area contributed by atoms with E-state index in [1.807, 2.05) is 49.4 Å². The van der Waals surface area contributed by atoms with Crippen molar-refractivity contribution in [3.05, 3.63) is 82.9 Å². The summed E-state index contributed by atoms with van der Waals surface area (Å²) in [4.78, 5) is 25.1. The number of aromatic nitrogens is 1. The Kier molecular flexibility index (Phi) is 12.1. The zero-order chi connectivity index (χ0) is 25.4. The molecule has 0 spiro atoms. The van der Waals surface area contributed by atoms with Crippen molar-refractivity contribution in [1.29, 1.82) is 0 Å². The first-order chi connectivity index (χ1) is 16.7. The third-order valence-corrected chi connectivity index (χ3v) is 5.45. The van der Waals surface area contributed by atoms with Crippen molar-refractivity contribution in [2.24, 2.45) is 5.92 Å². The van der Waals surface area contributed by atoms with E-state index >= 15 is 0 Å². The summed E-state index contributed by atoms with van der Waals surface area (Å²) >= 11 is 0. The maximum absolute atomic E-state index is 12.8. The molecule has 3 rings (SSSR count). The summed E-state index contributed by atoms with van der Waals surface area (Å²) in [5, 5.41) is 12.8. The summed E-state index contributed by atoms with van der Waals surface area (Å²) in [5.74, 6) is 0.888. The van der Waals surface area contributed by atoms with Crippen LogP contribution in [-0.2, 0) is 17.6 Å². The Labute approximate surface area is 248 Å². The number of aryl methyl sites for hydroxylation is 1. The molecule has 2 atom stereocenters. The quantitative estimate of drug-likeness (QED) is 0.238. The molecule has 0 aliphatic rings. The van der Waals surface area contributed by atoms with Gasteiger partial charge in [-0.15, -0.1) is 6.04 Å². The van der Waals surface area contributed by atoms with Crippen LogP contribution in [0.2, 0.25) is 0 Å². The third-order valence-electron chi connectivity index (χ3n) is 5.45. The van der Waals surface area contributed by atoms with Crippen LogP contribution in [0.4, 0.5) is 16.2 Å². The molecule has 1 heterocycles. The maximum atomic E-state index is 12.8. The normalized spacial score (nSPS) is 12.4. The molecule has 8 nitrogen and oxygen atoms in total. The molecule has 4 N–H and O–H groups in total. The van der Waals surface area contributed by atoms with Gasteiger partial charge in [0.1, 0.15) is 11.5 Å². The van der Waals surface area contributed by atoms with Crippen molar-refractivity contribution in [3.63, 3.8) is 0 Å². The topological polar surface area (TPSA) is 120 Å². The van der Waals surface area contributed by atoms with E-state index in [9.17, 15) is 9.59 Å². The SMILES string of the molecule is Cc1ccccc1NC(=O)Nc1ccc(CC(=O)NC(CC(C)C)c2cc(CC(C)[NH-])on2)cc1.[Ac]. The number of amides is 3. The summed E-state index contributed by atoms with van der Waals surface area (Å²) in [6.07, 6.45) is 1.42. The number of anilines is 2. The second kappa shape index (κ2) is 14.5. The Morgan fingerprint density at radius 3 is 2.36 bits per heavy atom. The minimum atomic E-state index is -0.326. The van der Waals surface area contributed by atoms with Crippen molar-refractivity contribution in [2.75, 3.05) is 10.6 Å². The van der Waals surface area contributed by atoms with Crippen molar-refractivity contribution >= 4 is 23.3 Å². The summed E-state index contributed by atoms with van der Waals surface area (Å²) in [7, 11) is 0. The first-order valence-corrected chi connectivity index (χ1v) is 11.9. The van der Waals surface area contributed by atoms with Gasteiger partial charge >= 0.3 is 6.03 Å². The van der Waals surface area contributed by atoms with E-state index in [1.54, 1.807) is 19.1 Å². The smallest absolute Gasteiger partial charge is 0.323 e. The van der Waals surface area contributed by atoms with Crippen molar-refractivity contribution < 1.29 is 58.2 Å². The molecule has 2 unspecified atom stereocenters. The fraction of sp³-hybridized carbons (Fsp3) is 0.370. The Bertz CT molecular complexity index is 1130. The molecule has 36 heavy (non-hydrogen) atoms. The van der Waals surface area contributed by atoms with Crippen LogP contribution < -0.4 is 16.0 Å². The molecule has 0 aliphatic heterocycles. The van der Waals surface area contributed by atoms with Crippen molar-refractivity contribution in [1.82, 2.24) is 10.5 Å². The van der Waals surface area contributed by atoms with Crippen LogP contribution in [0.3, 0.4) is 0 Å². The maximum Gasteiger partial charge on any atom is 0.323 e. The number of carbonyl (C=O) groups excluding carboxylic acids is 2. The monoisotopic (exact) mass is 703 g/mol. The zero-order valence-corrected chi connectivity index (χ0v) is 26.0. The predicted octanol–water partition coefficient (Wildman–Crippen LogP) is 6.06. The van der Waals surface area contributed by atoms with E-state index in [0.717, 1.165) is 23.2 Å². The number of nitrogens with zero attached hydrogens (tertiary/aromatic N) is 1. The van der Waals surface area contributed by atoms with Gasteiger partial charge in [0.25, 0.3) is 0 Å². The molecule has 3 aromatic rings. The minimum absolute atomic E-state index is 0. The summed E-state index contributed by atoms with van der Waals surface area (Å²) in [6.45, 7) is 7.91. The summed E-state index contributed by atoms with van der Waals surface area (Å²) in [6, 6.07) is 15.7. The number of urea groups is 1. The van der Waals surface area contributed by atoms with Gasteiger partial charge in [-0.3, -0.25) is 4.79 Å². The fourth-order valence-electron chi connectivity index (χ4n) is 3.75. The molecule has 2 aromatic carbocycles. The third kappa shape index (κ3) is 9.68. The van der Waals surface area contributed by atoms with E-state index in [0.29, 0.717) is 29.5 Å². The van der Waals surface area contributed by atoms with Crippen LogP contribution in [-0.4, -0.2) is 23.1 Å². The minimum Gasteiger partial charge on any atom is -0.675 e. The molecule has 0 aliphatic carbocycles. The van der Waals surface area contributed by atoms with E-state index in [2.05, 4.69) is 35.0 Å². The number of hydrogen-bond donors (Lipinski definition) is 3. The van der Waals surface area contributed by atoms with Gasteiger partial charge in [-0.05, 0) is 55.0 Å². The van der Waals surface area contributed by atoms with Gasteiger partial charge in [0, 0.05) is 61.5 Å². The largest absolute Gasteiger partial charge is 0.675 e. The Morgan fingerprint density at radius 1 is 1.03 bits per heavy atom. The number of benzene rings is 2. The van der Waals surface area contributed by atoms with Gasteiger partial charge in [-0.25, -0.2) is 4.79 Å². The van der Waals surface area contributed by atoms with E-state index in [-0.39, 0.29) is 74.5 Å². The van der Waals surface area contributed by atoms with Gasteiger partial charge < -0.3 is 26.2 Å². The van der Waals surface area contributed by atoms with Crippen molar-refractivity contribution in [3.8, 4) is 0 Å². The molecular formula is C27H34AcN5O3-. The molecule has 9 heteroatoms. The predicted molar refractivity (Wildman–Crippen MR) is 138 cm³/mol. The Balaban J connectivity index is 0.00000456. The molecule has 189 valence electrons. The molecule has 3 amide bonds.